The zero-order chi connectivity index (χ0) is 19.6. The molecule has 1 atom stereocenters. The smallest absolute Gasteiger partial charge is 0.242 e. The van der Waals surface area contributed by atoms with E-state index < -0.39 is 22.0 Å². The van der Waals surface area contributed by atoms with Crippen LogP contribution in [-0.4, -0.2) is 20.4 Å². The molecule has 140 valence electrons. The monoisotopic (exact) mass is 414 g/mol. The molecule has 0 aromatic heterocycles. The highest BCUT2D eigenvalue weighted by molar-refractivity contribution is 7.89. The summed E-state index contributed by atoms with van der Waals surface area (Å²) >= 11 is 11.8. The Balaban J connectivity index is 2.18. The van der Waals surface area contributed by atoms with Crippen molar-refractivity contribution in [2.24, 2.45) is 0 Å². The van der Waals surface area contributed by atoms with Crippen LogP contribution >= 0.6 is 23.2 Å². The fraction of sp³-hybridized carbons (Fsp3) is 0.278. The van der Waals surface area contributed by atoms with E-state index in [1.54, 1.807) is 38.1 Å². The van der Waals surface area contributed by atoms with Gasteiger partial charge in [0.1, 0.15) is 0 Å². The van der Waals surface area contributed by atoms with Crippen LogP contribution in [0.25, 0.3) is 0 Å². The maximum Gasteiger partial charge on any atom is 0.242 e. The van der Waals surface area contributed by atoms with E-state index in [1.165, 1.54) is 13.0 Å². The number of aryl methyl sites for hydroxylation is 3. The lowest BCUT2D eigenvalue weighted by Gasteiger charge is -2.17. The molecule has 2 N–H and O–H groups in total. The van der Waals surface area contributed by atoms with E-state index in [-0.39, 0.29) is 4.90 Å². The number of carbonyl (C=O) groups is 1. The zero-order valence-electron chi connectivity index (χ0n) is 14.9. The second-order valence-corrected chi connectivity index (χ2v) is 8.65. The summed E-state index contributed by atoms with van der Waals surface area (Å²) in [5, 5.41) is 3.27. The van der Waals surface area contributed by atoms with Crippen molar-refractivity contribution >= 4 is 44.8 Å². The second kappa shape index (κ2) is 7.96. The molecule has 2 aromatic carbocycles. The van der Waals surface area contributed by atoms with Gasteiger partial charge in [0.05, 0.1) is 21.0 Å². The van der Waals surface area contributed by atoms with Crippen LogP contribution in [0.2, 0.25) is 10.0 Å². The van der Waals surface area contributed by atoms with Crippen molar-refractivity contribution in [3.63, 3.8) is 0 Å². The summed E-state index contributed by atoms with van der Waals surface area (Å²) in [6, 6.07) is 7.24. The summed E-state index contributed by atoms with van der Waals surface area (Å²) in [6.45, 7) is 6.84. The minimum Gasteiger partial charge on any atom is -0.325 e. The lowest BCUT2D eigenvalue weighted by atomic mass is 10.1. The third-order valence-corrected chi connectivity index (χ3v) is 6.37. The highest BCUT2D eigenvalue weighted by atomic mass is 35.5. The Kier molecular flexibility index (Phi) is 6.34. The van der Waals surface area contributed by atoms with Crippen LogP contribution in [0, 0.1) is 20.8 Å². The third kappa shape index (κ3) is 4.76. The molecule has 26 heavy (non-hydrogen) atoms. The topological polar surface area (TPSA) is 75.3 Å². The Morgan fingerprint density at radius 2 is 1.58 bits per heavy atom. The van der Waals surface area contributed by atoms with Crippen LogP contribution < -0.4 is 10.0 Å². The van der Waals surface area contributed by atoms with Gasteiger partial charge in [0, 0.05) is 5.69 Å². The molecule has 0 saturated carbocycles. The number of amides is 1. The van der Waals surface area contributed by atoms with Gasteiger partial charge >= 0.3 is 0 Å². The molecule has 0 radical (unpaired) electrons. The van der Waals surface area contributed by atoms with Crippen LogP contribution in [0.5, 0.6) is 0 Å². The van der Waals surface area contributed by atoms with E-state index in [2.05, 4.69) is 10.0 Å². The summed E-state index contributed by atoms with van der Waals surface area (Å²) in [5.41, 5.74) is 2.67. The van der Waals surface area contributed by atoms with Crippen LogP contribution in [0.3, 0.4) is 0 Å². The number of benzene rings is 2. The minimum atomic E-state index is -3.85. The average Bonchev–Trinajstić information content (AvgIpc) is 2.48. The van der Waals surface area contributed by atoms with Gasteiger partial charge < -0.3 is 5.32 Å². The first kappa shape index (κ1) is 20.7. The van der Waals surface area contributed by atoms with E-state index in [0.717, 1.165) is 5.56 Å². The van der Waals surface area contributed by atoms with Gasteiger partial charge in [-0.15, -0.1) is 0 Å². The number of hydrogen-bond donors (Lipinski definition) is 2. The van der Waals surface area contributed by atoms with Crippen molar-refractivity contribution in [2.45, 2.75) is 38.6 Å². The van der Waals surface area contributed by atoms with E-state index >= 15 is 0 Å². The molecular formula is C18H20Cl2N2O3S. The molecule has 0 aliphatic rings. The molecule has 0 spiro atoms. The van der Waals surface area contributed by atoms with Gasteiger partial charge in [-0.2, -0.15) is 4.72 Å². The molecule has 2 rings (SSSR count). The fourth-order valence-electron chi connectivity index (χ4n) is 2.76. The molecule has 1 amide bonds. The Bertz CT molecular complexity index is 936. The quantitative estimate of drug-likeness (QED) is 0.768. The molecule has 0 aliphatic carbocycles. The van der Waals surface area contributed by atoms with Gasteiger partial charge in [-0.25, -0.2) is 8.42 Å². The number of halogens is 2. The number of hydrogen-bond acceptors (Lipinski definition) is 3. The first-order chi connectivity index (χ1) is 12.0. The molecule has 0 aliphatic heterocycles. The normalized spacial score (nSPS) is 12.7. The molecule has 0 saturated heterocycles. The van der Waals surface area contributed by atoms with Gasteiger partial charge in [0.25, 0.3) is 0 Å². The van der Waals surface area contributed by atoms with E-state index in [1.807, 2.05) is 6.92 Å². The zero-order valence-corrected chi connectivity index (χ0v) is 17.2. The maximum absolute atomic E-state index is 12.7. The van der Waals surface area contributed by atoms with Gasteiger partial charge in [0.15, 0.2) is 0 Å². The van der Waals surface area contributed by atoms with Crippen LogP contribution in [-0.2, 0) is 14.8 Å². The summed E-state index contributed by atoms with van der Waals surface area (Å²) in [4.78, 5) is 12.5. The lowest BCUT2D eigenvalue weighted by molar-refractivity contribution is -0.117. The van der Waals surface area contributed by atoms with E-state index in [0.29, 0.717) is 26.9 Å². The first-order valence-electron chi connectivity index (χ1n) is 7.87. The lowest BCUT2D eigenvalue weighted by Crippen LogP contribution is -2.41. The molecule has 8 heteroatoms. The number of nitrogens with one attached hydrogen (secondary N) is 2. The SMILES string of the molecule is Cc1cc(C)c(S(=O)(=O)NC(C)C(=O)Nc2ccc(Cl)c(Cl)c2)c(C)c1. The number of rotatable bonds is 5. The van der Waals surface area contributed by atoms with E-state index in [9.17, 15) is 13.2 Å². The Labute approximate surface area is 163 Å². The van der Waals surface area contributed by atoms with Gasteiger partial charge in [-0.05, 0) is 57.0 Å². The van der Waals surface area contributed by atoms with Crippen LogP contribution in [0.1, 0.15) is 23.6 Å². The highest BCUT2D eigenvalue weighted by Crippen LogP contribution is 2.25. The predicted molar refractivity (Wildman–Crippen MR) is 106 cm³/mol. The molecule has 2 aromatic rings. The van der Waals surface area contributed by atoms with Crippen molar-refractivity contribution < 1.29 is 13.2 Å². The molecular weight excluding hydrogens is 395 g/mol. The Morgan fingerprint density at radius 3 is 2.12 bits per heavy atom. The van der Waals surface area contributed by atoms with Crippen molar-refractivity contribution in [3.8, 4) is 0 Å². The summed E-state index contributed by atoms with van der Waals surface area (Å²) in [6.07, 6.45) is 0. The Morgan fingerprint density at radius 1 is 1.00 bits per heavy atom. The number of carbonyl (C=O) groups excluding carboxylic acids is 1. The molecule has 1 unspecified atom stereocenters. The van der Waals surface area contributed by atoms with Gasteiger partial charge in [-0.1, -0.05) is 40.9 Å². The van der Waals surface area contributed by atoms with Crippen molar-refractivity contribution in [2.75, 3.05) is 5.32 Å². The molecule has 0 bridgehead atoms. The van der Waals surface area contributed by atoms with Crippen molar-refractivity contribution in [3.05, 3.63) is 57.1 Å². The average molecular weight is 415 g/mol. The molecule has 0 heterocycles. The minimum absolute atomic E-state index is 0.192. The molecule has 5 nitrogen and oxygen atoms in total. The third-order valence-electron chi connectivity index (χ3n) is 3.79. The van der Waals surface area contributed by atoms with Crippen LogP contribution in [0.15, 0.2) is 35.2 Å². The second-order valence-electron chi connectivity index (χ2n) is 6.19. The largest absolute Gasteiger partial charge is 0.325 e. The predicted octanol–water partition coefficient (Wildman–Crippen LogP) is 4.22. The Hall–Kier alpha value is -1.60. The highest BCUT2D eigenvalue weighted by Gasteiger charge is 2.25. The number of anilines is 1. The van der Waals surface area contributed by atoms with Crippen molar-refractivity contribution in [1.82, 2.24) is 4.72 Å². The van der Waals surface area contributed by atoms with Crippen LogP contribution in [0.4, 0.5) is 5.69 Å². The first-order valence-corrected chi connectivity index (χ1v) is 10.1. The molecule has 0 fully saturated rings. The summed E-state index contributed by atoms with van der Waals surface area (Å²) < 4.78 is 27.9. The fourth-order valence-corrected chi connectivity index (χ4v) is 4.71. The van der Waals surface area contributed by atoms with Gasteiger partial charge in [-0.3, -0.25) is 4.79 Å². The summed E-state index contributed by atoms with van der Waals surface area (Å²) in [5.74, 6) is -0.505. The number of sulfonamides is 1. The van der Waals surface area contributed by atoms with Gasteiger partial charge in [0.2, 0.25) is 15.9 Å². The summed E-state index contributed by atoms with van der Waals surface area (Å²) in [7, 11) is -3.85. The van der Waals surface area contributed by atoms with Crippen molar-refractivity contribution in [1.29, 1.82) is 0 Å². The standard InChI is InChI=1S/C18H20Cl2N2O3S/c1-10-7-11(2)17(12(3)8-10)26(24,25)22-13(4)18(23)21-14-5-6-15(19)16(20)9-14/h5-9,13,22H,1-4H3,(H,21,23). The van der Waals surface area contributed by atoms with E-state index in [4.69, 9.17) is 23.2 Å². The maximum atomic E-state index is 12.7.